The molecule has 0 saturated heterocycles. The van der Waals surface area contributed by atoms with Crippen LogP contribution in [0.5, 0.6) is 0 Å². The molecule has 164 valence electrons. The van der Waals surface area contributed by atoms with E-state index in [1.807, 2.05) is 18.2 Å². The van der Waals surface area contributed by atoms with Crippen molar-refractivity contribution in [2.24, 2.45) is 5.73 Å². The van der Waals surface area contributed by atoms with Gasteiger partial charge >= 0.3 is 0 Å². The van der Waals surface area contributed by atoms with Crippen molar-refractivity contribution in [3.63, 3.8) is 0 Å². The van der Waals surface area contributed by atoms with E-state index in [2.05, 4.69) is 43.0 Å². The average Bonchev–Trinajstić information content (AvgIpc) is 3.28. The number of rotatable bonds is 14. The lowest BCUT2D eigenvalue weighted by Crippen LogP contribution is -2.20. The van der Waals surface area contributed by atoms with Crippen LogP contribution in [0.4, 0.5) is 17.8 Å². The van der Waals surface area contributed by atoms with Crippen molar-refractivity contribution in [2.45, 2.75) is 38.3 Å². The van der Waals surface area contributed by atoms with Crippen molar-refractivity contribution in [1.82, 2.24) is 15.0 Å². The Balaban J connectivity index is 1.52. The molecule has 0 bridgehead atoms. The minimum absolute atomic E-state index is 0.430. The Morgan fingerprint density at radius 3 is 2.23 bits per heavy atom. The van der Waals surface area contributed by atoms with E-state index >= 15 is 0 Å². The highest BCUT2D eigenvalue weighted by molar-refractivity contribution is 5.43. The summed E-state index contributed by atoms with van der Waals surface area (Å²) in [5.74, 6) is 1.68. The average molecular weight is 416 g/mol. The first-order valence-corrected chi connectivity index (χ1v) is 10.7. The Morgan fingerprint density at radius 2 is 1.50 bits per heavy atom. The van der Waals surface area contributed by atoms with Gasteiger partial charge in [-0.1, -0.05) is 43.2 Å². The molecule has 1 aliphatic rings. The molecule has 30 heavy (non-hydrogen) atoms. The summed E-state index contributed by atoms with van der Waals surface area (Å²) in [5, 5.41) is 9.97. The van der Waals surface area contributed by atoms with Gasteiger partial charge in [-0.15, -0.1) is 0 Å². The monoisotopic (exact) mass is 415 g/mol. The van der Waals surface area contributed by atoms with Crippen molar-refractivity contribution >= 4 is 17.8 Å². The van der Waals surface area contributed by atoms with Gasteiger partial charge in [0.25, 0.3) is 0 Å². The Hall–Kier alpha value is -2.49. The first-order chi connectivity index (χ1) is 14.8. The smallest absolute Gasteiger partial charge is 0.229 e. The predicted octanol–water partition coefficient (Wildman–Crippen LogP) is 2.24. The first-order valence-electron chi connectivity index (χ1n) is 10.7. The van der Waals surface area contributed by atoms with Crippen molar-refractivity contribution in [3.8, 4) is 0 Å². The van der Waals surface area contributed by atoms with Crippen molar-refractivity contribution in [2.75, 3.05) is 55.5 Å². The van der Waals surface area contributed by atoms with Crippen LogP contribution in [-0.2, 0) is 16.0 Å². The summed E-state index contributed by atoms with van der Waals surface area (Å²) in [6, 6.07) is 10.6. The van der Waals surface area contributed by atoms with Gasteiger partial charge in [0.2, 0.25) is 17.8 Å². The molecular weight excluding hydrogens is 382 g/mol. The predicted molar refractivity (Wildman–Crippen MR) is 119 cm³/mol. The number of nitrogens with two attached hydrogens (primary N) is 1. The molecule has 2 aromatic rings. The zero-order valence-corrected chi connectivity index (χ0v) is 17.5. The number of aromatic nitrogens is 3. The lowest BCUT2D eigenvalue weighted by atomic mass is 10.2. The van der Waals surface area contributed by atoms with Crippen LogP contribution in [0.1, 0.15) is 31.2 Å². The highest BCUT2D eigenvalue weighted by atomic mass is 16.5. The quantitative estimate of drug-likeness (QED) is 0.344. The molecule has 1 fully saturated rings. The second kappa shape index (κ2) is 12.9. The summed E-state index contributed by atoms with van der Waals surface area (Å²) in [4.78, 5) is 13.6. The van der Waals surface area contributed by atoms with Gasteiger partial charge in [-0.05, 0) is 18.4 Å². The van der Waals surface area contributed by atoms with Gasteiger partial charge in [0.1, 0.15) is 0 Å². The fourth-order valence-electron chi connectivity index (χ4n) is 3.27. The molecular formula is C21H33N7O2. The molecule has 9 nitrogen and oxygen atoms in total. The minimum atomic E-state index is 0.430. The third-order valence-electron chi connectivity index (χ3n) is 4.78. The van der Waals surface area contributed by atoms with Gasteiger partial charge in [0.15, 0.2) is 0 Å². The molecule has 0 radical (unpaired) electrons. The van der Waals surface area contributed by atoms with Gasteiger partial charge in [0, 0.05) is 25.7 Å². The van der Waals surface area contributed by atoms with Gasteiger partial charge in [-0.25, -0.2) is 0 Å². The van der Waals surface area contributed by atoms with E-state index < -0.39 is 0 Å². The van der Waals surface area contributed by atoms with E-state index in [0.717, 1.165) is 12.8 Å². The summed E-state index contributed by atoms with van der Waals surface area (Å²) in [6.45, 7) is 3.96. The lowest BCUT2D eigenvalue weighted by Gasteiger charge is -2.14. The van der Waals surface area contributed by atoms with E-state index in [1.54, 1.807) is 0 Å². The van der Waals surface area contributed by atoms with Crippen molar-refractivity contribution in [1.29, 1.82) is 0 Å². The van der Waals surface area contributed by atoms with Crippen LogP contribution in [0.2, 0.25) is 0 Å². The molecule has 1 heterocycles. The molecule has 1 saturated carbocycles. The second-order valence-electron chi connectivity index (χ2n) is 7.21. The van der Waals surface area contributed by atoms with Crippen LogP contribution >= 0.6 is 0 Å². The van der Waals surface area contributed by atoms with E-state index in [-0.39, 0.29) is 0 Å². The Kier molecular flexibility index (Phi) is 9.58. The van der Waals surface area contributed by atoms with Crippen LogP contribution in [0.3, 0.4) is 0 Å². The molecule has 0 amide bonds. The third kappa shape index (κ3) is 8.10. The van der Waals surface area contributed by atoms with Crippen LogP contribution < -0.4 is 21.7 Å². The highest BCUT2D eigenvalue weighted by Crippen LogP contribution is 2.21. The third-order valence-corrected chi connectivity index (χ3v) is 4.78. The van der Waals surface area contributed by atoms with Crippen molar-refractivity contribution in [3.05, 3.63) is 35.9 Å². The van der Waals surface area contributed by atoms with Crippen LogP contribution in [0.25, 0.3) is 0 Å². The molecule has 5 N–H and O–H groups in total. The maximum absolute atomic E-state index is 5.54. The largest absolute Gasteiger partial charge is 0.378 e. The topological polar surface area (TPSA) is 119 Å². The number of anilines is 3. The fourth-order valence-corrected chi connectivity index (χ4v) is 3.27. The number of nitrogens with one attached hydrogen (secondary N) is 3. The Labute approximate surface area is 178 Å². The molecule has 0 atom stereocenters. The van der Waals surface area contributed by atoms with E-state index in [4.69, 9.17) is 15.2 Å². The summed E-state index contributed by atoms with van der Waals surface area (Å²) in [5.41, 5.74) is 6.55. The molecule has 0 spiro atoms. The summed E-state index contributed by atoms with van der Waals surface area (Å²) >= 11 is 0. The Bertz CT molecular complexity index is 727. The molecule has 1 aliphatic carbocycles. The van der Waals surface area contributed by atoms with Crippen LogP contribution in [0.15, 0.2) is 30.3 Å². The zero-order chi connectivity index (χ0) is 20.9. The van der Waals surface area contributed by atoms with Crippen molar-refractivity contribution < 1.29 is 9.47 Å². The number of ether oxygens (including phenoxy) is 2. The number of nitrogens with zero attached hydrogens (tertiary/aromatic N) is 3. The molecule has 1 aromatic carbocycles. The summed E-state index contributed by atoms with van der Waals surface area (Å²) in [6.07, 6.45) is 4.81. The van der Waals surface area contributed by atoms with E-state index in [0.29, 0.717) is 69.9 Å². The van der Waals surface area contributed by atoms with Gasteiger partial charge in [0.05, 0.1) is 26.4 Å². The van der Waals surface area contributed by atoms with Gasteiger partial charge in [-0.3, -0.25) is 0 Å². The molecule has 9 heteroatoms. The fraction of sp³-hybridized carbons (Fsp3) is 0.571. The Morgan fingerprint density at radius 1 is 0.833 bits per heavy atom. The minimum Gasteiger partial charge on any atom is -0.378 e. The van der Waals surface area contributed by atoms with Crippen LogP contribution in [-0.4, -0.2) is 60.5 Å². The number of hydrogen-bond acceptors (Lipinski definition) is 9. The van der Waals surface area contributed by atoms with Crippen LogP contribution in [0, 0.1) is 0 Å². The standard InChI is InChI=1S/C21H33N7O2/c22-10-12-29-14-15-30-13-11-23-19-26-20(24-16-17-6-2-1-3-7-17)28-21(27-19)25-18-8-4-5-9-18/h1-3,6-7,18H,4-5,8-16,22H2,(H3,23,24,25,26,27,28). The van der Waals surface area contributed by atoms with Gasteiger partial charge in [-0.2, -0.15) is 15.0 Å². The first kappa shape index (κ1) is 22.2. The van der Waals surface area contributed by atoms with E-state index in [1.165, 1.54) is 18.4 Å². The molecule has 0 aliphatic heterocycles. The van der Waals surface area contributed by atoms with E-state index in [9.17, 15) is 0 Å². The summed E-state index contributed by atoms with van der Waals surface area (Å²) < 4.78 is 10.8. The van der Waals surface area contributed by atoms with Gasteiger partial charge < -0.3 is 31.2 Å². The maximum Gasteiger partial charge on any atom is 0.229 e. The lowest BCUT2D eigenvalue weighted by molar-refractivity contribution is 0.0547. The molecule has 3 rings (SSSR count). The highest BCUT2D eigenvalue weighted by Gasteiger charge is 2.16. The summed E-state index contributed by atoms with van der Waals surface area (Å²) in [7, 11) is 0. The zero-order valence-electron chi connectivity index (χ0n) is 17.5. The number of hydrogen-bond donors (Lipinski definition) is 4. The second-order valence-corrected chi connectivity index (χ2v) is 7.21. The maximum atomic E-state index is 5.54. The number of benzene rings is 1. The normalized spacial score (nSPS) is 14.0. The molecule has 1 aromatic heterocycles. The molecule has 0 unspecified atom stereocenters. The SMILES string of the molecule is NCCOCCOCCNc1nc(NCc2ccccc2)nc(NC2CCCC2)n1.